The van der Waals surface area contributed by atoms with Gasteiger partial charge in [0.1, 0.15) is 5.82 Å². The van der Waals surface area contributed by atoms with Gasteiger partial charge in [0.05, 0.1) is 17.3 Å². The lowest BCUT2D eigenvalue weighted by atomic mass is 9.77. The maximum absolute atomic E-state index is 13.6. The van der Waals surface area contributed by atoms with E-state index >= 15 is 0 Å². The maximum atomic E-state index is 13.6. The number of imidazole rings is 1. The molecule has 1 saturated carbocycles. The first-order valence-corrected chi connectivity index (χ1v) is 12.4. The molecule has 1 amide bonds. The highest BCUT2D eigenvalue weighted by atomic mass is 16.2. The third kappa shape index (κ3) is 4.14. The van der Waals surface area contributed by atoms with E-state index in [0.29, 0.717) is 17.4 Å². The number of hydrogen-bond acceptors (Lipinski definition) is 3. The van der Waals surface area contributed by atoms with Crippen molar-refractivity contribution >= 4 is 5.91 Å². The molecule has 2 heterocycles. The van der Waals surface area contributed by atoms with Crippen LogP contribution in [0.3, 0.4) is 0 Å². The Labute approximate surface area is 201 Å². The molecular weight excluding hydrogens is 420 g/mol. The van der Waals surface area contributed by atoms with Crippen LogP contribution < -0.4 is 0 Å². The van der Waals surface area contributed by atoms with Crippen molar-refractivity contribution in [1.82, 2.24) is 14.9 Å². The molecule has 5 rings (SSSR count). The summed E-state index contributed by atoms with van der Waals surface area (Å²) in [4.78, 5) is 23.9. The number of hydrogen-bond donors (Lipinski definition) is 1. The molecular formula is C29H32N4O. The molecule has 2 fully saturated rings. The largest absolute Gasteiger partial charge is 0.342 e. The monoisotopic (exact) mass is 452 g/mol. The number of nitriles is 1. The molecule has 1 N–H and O–H groups in total. The number of amides is 1. The van der Waals surface area contributed by atoms with Crippen LogP contribution in [0.5, 0.6) is 0 Å². The summed E-state index contributed by atoms with van der Waals surface area (Å²) in [7, 11) is 0. The molecule has 174 valence electrons. The number of aryl methyl sites for hydroxylation is 3. The molecule has 0 unspecified atom stereocenters. The third-order valence-corrected chi connectivity index (χ3v) is 7.85. The van der Waals surface area contributed by atoms with Crippen molar-refractivity contribution in [2.24, 2.45) is 0 Å². The fraction of sp³-hybridized carbons (Fsp3) is 0.414. The summed E-state index contributed by atoms with van der Waals surface area (Å²) < 4.78 is 0. The summed E-state index contributed by atoms with van der Waals surface area (Å²) in [5.74, 6) is 2.00. The van der Waals surface area contributed by atoms with Crippen molar-refractivity contribution in [2.75, 3.05) is 13.1 Å². The predicted molar refractivity (Wildman–Crippen MR) is 134 cm³/mol. The van der Waals surface area contributed by atoms with Gasteiger partial charge in [-0.1, -0.05) is 24.6 Å². The van der Waals surface area contributed by atoms with Crippen molar-refractivity contribution in [1.29, 1.82) is 5.26 Å². The van der Waals surface area contributed by atoms with Gasteiger partial charge in [0.25, 0.3) is 5.91 Å². The second kappa shape index (κ2) is 9.10. The molecule has 5 nitrogen and oxygen atoms in total. The smallest absolute Gasteiger partial charge is 0.254 e. The second-order valence-corrected chi connectivity index (χ2v) is 9.98. The molecule has 34 heavy (non-hydrogen) atoms. The van der Waals surface area contributed by atoms with Crippen molar-refractivity contribution in [3.8, 4) is 17.5 Å². The molecule has 0 bridgehead atoms. The molecule has 2 aromatic carbocycles. The van der Waals surface area contributed by atoms with Gasteiger partial charge in [-0.05, 0) is 93.2 Å². The number of rotatable bonds is 4. The SMILES string of the molecule is Cc1cc(C2CCC2)c(-c2nc(C)c(C)[nH]2)cc1C(=O)N1CCC(c2ccc(C#N)cc2)CC1. The fourth-order valence-corrected chi connectivity index (χ4v) is 5.31. The van der Waals surface area contributed by atoms with Gasteiger partial charge in [0.2, 0.25) is 0 Å². The van der Waals surface area contributed by atoms with Gasteiger partial charge in [-0.3, -0.25) is 4.79 Å². The molecule has 1 saturated heterocycles. The molecule has 2 aliphatic rings. The number of nitrogens with zero attached hydrogens (tertiary/aromatic N) is 3. The van der Waals surface area contributed by atoms with Crippen molar-refractivity contribution < 1.29 is 4.79 Å². The number of likely N-dealkylation sites (tertiary alicyclic amines) is 1. The number of aromatic amines is 1. The Morgan fingerprint density at radius 2 is 1.74 bits per heavy atom. The standard InChI is InChI=1S/C29H32N4O/c1-18-15-26(24-5-4-6-24)27(28-31-19(2)20(3)32-28)16-25(18)29(34)33-13-11-23(12-14-33)22-9-7-21(17-30)8-10-22/h7-10,15-16,23-24H,4-6,11-14H2,1-3H3,(H,31,32). The van der Waals surface area contributed by atoms with E-state index in [1.807, 2.05) is 30.9 Å². The zero-order chi connectivity index (χ0) is 23.8. The number of H-pyrrole nitrogens is 1. The topological polar surface area (TPSA) is 72.8 Å². The van der Waals surface area contributed by atoms with Crippen LogP contribution in [0.15, 0.2) is 36.4 Å². The average molecular weight is 453 g/mol. The second-order valence-electron chi connectivity index (χ2n) is 9.98. The molecule has 3 aromatic rings. The Morgan fingerprint density at radius 1 is 1.03 bits per heavy atom. The molecule has 1 aliphatic heterocycles. The normalized spacial score (nSPS) is 16.8. The summed E-state index contributed by atoms with van der Waals surface area (Å²) in [6.45, 7) is 7.65. The van der Waals surface area contributed by atoms with Gasteiger partial charge in [-0.25, -0.2) is 4.98 Å². The van der Waals surface area contributed by atoms with E-state index in [2.05, 4.69) is 42.2 Å². The molecule has 1 aliphatic carbocycles. The molecule has 0 atom stereocenters. The molecule has 0 spiro atoms. The summed E-state index contributed by atoms with van der Waals surface area (Å²) >= 11 is 0. The van der Waals surface area contributed by atoms with E-state index in [1.54, 1.807) is 0 Å². The van der Waals surface area contributed by atoms with E-state index in [1.165, 1.54) is 30.4 Å². The number of carbonyl (C=O) groups excluding carboxylic acids is 1. The Balaban J connectivity index is 1.38. The molecule has 1 aromatic heterocycles. The van der Waals surface area contributed by atoms with E-state index < -0.39 is 0 Å². The minimum absolute atomic E-state index is 0.122. The van der Waals surface area contributed by atoms with Crippen LogP contribution in [0.1, 0.15) is 87.9 Å². The van der Waals surface area contributed by atoms with Crippen LogP contribution in [0.2, 0.25) is 0 Å². The van der Waals surface area contributed by atoms with Crippen LogP contribution in [-0.2, 0) is 0 Å². The quantitative estimate of drug-likeness (QED) is 0.515. The Hall–Kier alpha value is -3.39. The summed E-state index contributed by atoms with van der Waals surface area (Å²) in [6.07, 6.45) is 5.58. The first kappa shape index (κ1) is 22.4. The zero-order valence-electron chi connectivity index (χ0n) is 20.3. The zero-order valence-corrected chi connectivity index (χ0v) is 20.3. The fourth-order valence-electron chi connectivity index (χ4n) is 5.31. The minimum Gasteiger partial charge on any atom is -0.342 e. The van der Waals surface area contributed by atoms with Gasteiger partial charge in [-0.2, -0.15) is 5.26 Å². The first-order chi connectivity index (χ1) is 16.4. The van der Waals surface area contributed by atoms with Gasteiger partial charge >= 0.3 is 0 Å². The maximum Gasteiger partial charge on any atom is 0.254 e. The average Bonchev–Trinajstić information content (AvgIpc) is 3.16. The van der Waals surface area contributed by atoms with E-state index in [-0.39, 0.29) is 5.91 Å². The highest BCUT2D eigenvalue weighted by Gasteiger charge is 2.29. The van der Waals surface area contributed by atoms with Crippen LogP contribution >= 0.6 is 0 Å². The van der Waals surface area contributed by atoms with E-state index in [9.17, 15) is 4.79 Å². The lowest BCUT2D eigenvalue weighted by Gasteiger charge is -2.33. The van der Waals surface area contributed by atoms with Crippen molar-refractivity contribution in [2.45, 2.75) is 64.7 Å². The minimum atomic E-state index is 0.122. The van der Waals surface area contributed by atoms with Gasteiger partial charge in [-0.15, -0.1) is 0 Å². The van der Waals surface area contributed by atoms with E-state index in [0.717, 1.165) is 59.8 Å². The van der Waals surface area contributed by atoms with E-state index in [4.69, 9.17) is 10.2 Å². The third-order valence-electron chi connectivity index (χ3n) is 7.85. The Bertz CT molecular complexity index is 1230. The Morgan fingerprint density at radius 3 is 2.29 bits per heavy atom. The number of carbonyl (C=O) groups is 1. The van der Waals surface area contributed by atoms with Gasteiger partial charge < -0.3 is 9.88 Å². The highest BCUT2D eigenvalue weighted by Crippen LogP contribution is 2.42. The van der Waals surface area contributed by atoms with Gasteiger partial charge in [0.15, 0.2) is 0 Å². The number of benzene rings is 2. The van der Waals surface area contributed by atoms with Crippen LogP contribution in [0.4, 0.5) is 0 Å². The van der Waals surface area contributed by atoms with Crippen LogP contribution in [0.25, 0.3) is 11.4 Å². The number of piperidine rings is 1. The summed E-state index contributed by atoms with van der Waals surface area (Å²) in [6, 6.07) is 14.4. The summed E-state index contributed by atoms with van der Waals surface area (Å²) in [5.41, 5.74) is 8.30. The highest BCUT2D eigenvalue weighted by molar-refractivity contribution is 5.97. The lowest BCUT2D eigenvalue weighted by molar-refractivity contribution is 0.0712. The summed E-state index contributed by atoms with van der Waals surface area (Å²) in [5, 5.41) is 9.04. The van der Waals surface area contributed by atoms with Crippen LogP contribution in [-0.4, -0.2) is 33.9 Å². The molecule has 5 heteroatoms. The number of nitrogens with one attached hydrogen (secondary N) is 1. The lowest BCUT2D eigenvalue weighted by Crippen LogP contribution is -2.38. The Kier molecular flexibility index (Phi) is 6.00. The van der Waals surface area contributed by atoms with Crippen LogP contribution in [0, 0.1) is 32.1 Å². The molecule has 0 radical (unpaired) electrons. The van der Waals surface area contributed by atoms with Gasteiger partial charge in [0, 0.05) is 29.9 Å². The van der Waals surface area contributed by atoms with Crippen molar-refractivity contribution in [3.05, 3.63) is 75.6 Å². The number of aromatic nitrogens is 2. The van der Waals surface area contributed by atoms with Crippen molar-refractivity contribution in [3.63, 3.8) is 0 Å². The predicted octanol–water partition coefficient (Wildman–Crippen LogP) is 6.16. The first-order valence-electron chi connectivity index (χ1n) is 12.4.